The van der Waals surface area contributed by atoms with Crippen LogP contribution in [0.25, 0.3) is 0 Å². The second-order valence-electron chi connectivity index (χ2n) is 5.57. The average Bonchev–Trinajstić information content (AvgIpc) is 2.78. The van der Waals surface area contributed by atoms with E-state index in [1.807, 2.05) is 6.92 Å². The van der Waals surface area contributed by atoms with Crippen LogP contribution in [-0.4, -0.2) is 44.3 Å². The summed E-state index contributed by atoms with van der Waals surface area (Å²) in [5.74, 6) is -0.250. The Balaban J connectivity index is 2.04. The molecule has 7 nitrogen and oxygen atoms in total. The summed E-state index contributed by atoms with van der Waals surface area (Å²) in [7, 11) is -3.69. The highest BCUT2D eigenvalue weighted by atomic mass is 32.2. The first-order chi connectivity index (χ1) is 10.8. The van der Waals surface area contributed by atoms with Gasteiger partial charge in [0.25, 0.3) is 0 Å². The van der Waals surface area contributed by atoms with Crippen molar-refractivity contribution >= 4 is 27.5 Å². The highest BCUT2D eigenvalue weighted by Crippen LogP contribution is 2.17. The highest BCUT2D eigenvalue weighted by molar-refractivity contribution is 7.89. The second-order valence-corrected chi connectivity index (χ2v) is 7.28. The molecule has 1 aliphatic heterocycles. The van der Waals surface area contributed by atoms with E-state index in [0.29, 0.717) is 18.8 Å². The molecule has 1 atom stereocenters. The number of nitrogens with zero attached hydrogens (tertiary/aromatic N) is 1. The van der Waals surface area contributed by atoms with Gasteiger partial charge in [-0.05, 0) is 30.7 Å². The molecule has 1 aromatic rings. The number of carbonyl (C=O) groups is 2. The van der Waals surface area contributed by atoms with Gasteiger partial charge in [-0.25, -0.2) is 13.1 Å². The van der Waals surface area contributed by atoms with Crippen molar-refractivity contribution in [1.29, 1.82) is 0 Å². The Hall–Kier alpha value is -1.93. The molecule has 0 saturated carbocycles. The molecule has 2 rings (SSSR count). The van der Waals surface area contributed by atoms with E-state index < -0.39 is 16.1 Å². The molecule has 1 aliphatic rings. The van der Waals surface area contributed by atoms with E-state index in [1.54, 1.807) is 4.90 Å². The molecule has 1 heterocycles. The molecule has 1 fully saturated rings. The molecule has 8 heteroatoms. The van der Waals surface area contributed by atoms with Crippen LogP contribution in [0.4, 0.5) is 5.69 Å². The van der Waals surface area contributed by atoms with E-state index in [9.17, 15) is 18.0 Å². The van der Waals surface area contributed by atoms with E-state index in [0.717, 1.165) is 6.42 Å². The predicted octanol–water partition coefficient (Wildman–Crippen LogP) is 0.934. The smallest absolute Gasteiger partial charge is 0.240 e. The summed E-state index contributed by atoms with van der Waals surface area (Å²) in [6.07, 6.45) is 1.03. The van der Waals surface area contributed by atoms with Crippen molar-refractivity contribution in [2.45, 2.75) is 37.6 Å². The van der Waals surface area contributed by atoms with Gasteiger partial charge < -0.3 is 10.2 Å². The molecule has 0 radical (unpaired) electrons. The number of rotatable bonds is 6. The monoisotopic (exact) mass is 339 g/mol. The van der Waals surface area contributed by atoms with Crippen LogP contribution in [0.2, 0.25) is 0 Å². The number of carbonyl (C=O) groups excluding carboxylic acids is 2. The first-order valence-corrected chi connectivity index (χ1v) is 8.98. The molecule has 0 spiro atoms. The van der Waals surface area contributed by atoms with Crippen LogP contribution in [0.5, 0.6) is 0 Å². The highest BCUT2D eigenvalue weighted by Gasteiger charge is 2.32. The third kappa shape index (κ3) is 4.52. The first kappa shape index (κ1) is 17.4. The molecule has 0 aliphatic carbocycles. The van der Waals surface area contributed by atoms with Crippen molar-refractivity contribution in [2.24, 2.45) is 0 Å². The van der Waals surface area contributed by atoms with Crippen LogP contribution in [0, 0.1) is 0 Å². The summed E-state index contributed by atoms with van der Waals surface area (Å²) in [5.41, 5.74) is 0.529. The molecule has 0 aromatic heterocycles. The summed E-state index contributed by atoms with van der Waals surface area (Å²) >= 11 is 0. The molecular weight excluding hydrogens is 318 g/mol. The molecule has 1 saturated heterocycles. The first-order valence-electron chi connectivity index (χ1n) is 7.49. The third-order valence-corrected chi connectivity index (χ3v) is 5.05. The topological polar surface area (TPSA) is 95.6 Å². The maximum Gasteiger partial charge on any atom is 0.240 e. The summed E-state index contributed by atoms with van der Waals surface area (Å²) in [4.78, 5) is 24.5. The van der Waals surface area contributed by atoms with Gasteiger partial charge >= 0.3 is 0 Å². The Morgan fingerprint density at radius 3 is 2.52 bits per heavy atom. The zero-order valence-electron chi connectivity index (χ0n) is 13.2. The van der Waals surface area contributed by atoms with E-state index in [2.05, 4.69) is 10.0 Å². The molecule has 2 N–H and O–H groups in total. The molecule has 1 aromatic carbocycles. The van der Waals surface area contributed by atoms with E-state index in [4.69, 9.17) is 0 Å². The van der Waals surface area contributed by atoms with Crippen LogP contribution in [-0.2, 0) is 19.6 Å². The fourth-order valence-corrected chi connectivity index (χ4v) is 3.77. The Labute approximate surface area is 136 Å². The normalized spacial score (nSPS) is 18.3. The number of anilines is 1. The van der Waals surface area contributed by atoms with Crippen LogP contribution in [0.3, 0.4) is 0 Å². The maximum atomic E-state index is 12.4. The lowest BCUT2D eigenvalue weighted by Crippen LogP contribution is -2.37. The maximum absolute atomic E-state index is 12.4. The lowest BCUT2D eigenvalue weighted by molar-refractivity contribution is -0.127. The van der Waals surface area contributed by atoms with Gasteiger partial charge in [-0.1, -0.05) is 6.92 Å². The fourth-order valence-electron chi connectivity index (χ4n) is 2.55. The second kappa shape index (κ2) is 7.10. The SMILES string of the molecule is CCCN1C[C@@H](NS(=O)(=O)c2ccc(NC(C)=O)cc2)CC1=O. The van der Waals surface area contributed by atoms with Crippen LogP contribution in [0.1, 0.15) is 26.7 Å². The lowest BCUT2D eigenvalue weighted by atomic mass is 10.3. The molecule has 126 valence electrons. The van der Waals surface area contributed by atoms with Crippen molar-refractivity contribution in [3.05, 3.63) is 24.3 Å². The van der Waals surface area contributed by atoms with Crippen molar-refractivity contribution < 1.29 is 18.0 Å². The van der Waals surface area contributed by atoms with Crippen LogP contribution in [0.15, 0.2) is 29.2 Å². The zero-order chi connectivity index (χ0) is 17.0. The summed E-state index contributed by atoms with van der Waals surface area (Å²) < 4.78 is 27.3. The summed E-state index contributed by atoms with van der Waals surface area (Å²) in [6, 6.07) is 5.50. The Bertz CT molecular complexity index is 685. The molecular formula is C15H21N3O4S. The minimum absolute atomic E-state index is 0.0273. The summed E-state index contributed by atoms with van der Waals surface area (Å²) in [5, 5.41) is 2.58. The van der Waals surface area contributed by atoms with Gasteiger partial charge in [0, 0.05) is 38.2 Å². The number of nitrogens with one attached hydrogen (secondary N) is 2. The number of hydrogen-bond donors (Lipinski definition) is 2. The lowest BCUT2D eigenvalue weighted by Gasteiger charge is -2.16. The van der Waals surface area contributed by atoms with Gasteiger partial charge in [0.1, 0.15) is 0 Å². The number of hydrogen-bond acceptors (Lipinski definition) is 4. The van der Waals surface area contributed by atoms with Gasteiger partial charge in [0.15, 0.2) is 0 Å². The minimum atomic E-state index is -3.69. The van der Waals surface area contributed by atoms with Gasteiger partial charge in [-0.2, -0.15) is 0 Å². The number of likely N-dealkylation sites (tertiary alicyclic amines) is 1. The van der Waals surface area contributed by atoms with Gasteiger partial charge in [-0.15, -0.1) is 0 Å². The van der Waals surface area contributed by atoms with Gasteiger partial charge in [0.2, 0.25) is 21.8 Å². The van der Waals surface area contributed by atoms with E-state index in [-0.39, 0.29) is 23.1 Å². The molecule has 2 amide bonds. The average molecular weight is 339 g/mol. The molecule has 23 heavy (non-hydrogen) atoms. The van der Waals surface area contributed by atoms with E-state index >= 15 is 0 Å². The predicted molar refractivity (Wildman–Crippen MR) is 86.3 cm³/mol. The van der Waals surface area contributed by atoms with Gasteiger partial charge in [0.05, 0.1) is 4.90 Å². The quantitative estimate of drug-likeness (QED) is 0.806. The van der Waals surface area contributed by atoms with Crippen molar-refractivity contribution in [2.75, 3.05) is 18.4 Å². The third-order valence-electron chi connectivity index (χ3n) is 3.51. The molecule has 0 bridgehead atoms. The standard InChI is InChI=1S/C15H21N3O4S/c1-3-8-18-10-13(9-15(18)20)17-23(21,22)14-6-4-12(5-7-14)16-11(2)19/h4-7,13,17H,3,8-10H2,1-2H3,(H,16,19)/t13-/m0/s1. The minimum Gasteiger partial charge on any atom is -0.341 e. The number of amides is 2. The van der Waals surface area contributed by atoms with E-state index in [1.165, 1.54) is 31.2 Å². The Morgan fingerprint density at radius 2 is 1.96 bits per heavy atom. The number of sulfonamides is 1. The molecule has 0 unspecified atom stereocenters. The van der Waals surface area contributed by atoms with Crippen LogP contribution >= 0.6 is 0 Å². The fraction of sp³-hybridized carbons (Fsp3) is 0.467. The van der Waals surface area contributed by atoms with Gasteiger partial charge in [-0.3, -0.25) is 9.59 Å². The van der Waals surface area contributed by atoms with Crippen molar-refractivity contribution in [3.8, 4) is 0 Å². The van der Waals surface area contributed by atoms with Crippen LogP contribution < -0.4 is 10.0 Å². The number of benzene rings is 1. The van der Waals surface area contributed by atoms with Crippen molar-refractivity contribution in [1.82, 2.24) is 9.62 Å². The summed E-state index contributed by atoms with van der Waals surface area (Å²) in [6.45, 7) is 4.39. The Morgan fingerprint density at radius 1 is 1.30 bits per heavy atom. The largest absolute Gasteiger partial charge is 0.341 e. The zero-order valence-corrected chi connectivity index (χ0v) is 14.0. The van der Waals surface area contributed by atoms with Crippen molar-refractivity contribution in [3.63, 3.8) is 0 Å². The Kier molecular flexibility index (Phi) is 5.38.